The van der Waals surface area contributed by atoms with Crippen molar-refractivity contribution in [3.63, 3.8) is 0 Å². The summed E-state index contributed by atoms with van der Waals surface area (Å²) >= 11 is 0. The van der Waals surface area contributed by atoms with E-state index in [9.17, 15) is 0 Å². The molecule has 0 spiro atoms. The van der Waals surface area contributed by atoms with Crippen LogP contribution in [0.2, 0.25) is 0 Å². The van der Waals surface area contributed by atoms with Crippen LogP contribution in [0.3, 0.4) is 0 Å². The molecule has 0 radical (unpaired) electrons. The Bertz CT molecular complexity index is 1410. The maximum Gasteiger partial charge on any atom is 0.0786 e. The monoisotopic (exact) mass is 389 g/mol. The number of pyridine rings is 1. The largest absolute Gasteiger partial charge is 0.256 e. The molecule has 0 saturated carbocycles. The summed E-state index contributed by atoms with van der Waals surface area (Å²) < 4.78 is 0. The summed E-state index contributed by atoms with van der Waals surface area (Å²) in [5.74, 6) is 0. The summed E-state index contributed by atoms with van der Waals surface area (Å²) in [5, 5.41) is 7.70. The molecule has 4 aromatic carbocycles. The van der Waals surface area contributed by atoms with E-state index >= 15 is 0 Å². The van der Waals surface area contributed by atoms with E-state index in [1.807, 2.05) is 6.20 Å². The van der Waals surface area contributed by atoms with Crippen LogP contribution < -0.4 is 0 Å². The molecule has 0 aliphatic rings. The van der Waals surface area contributed by atoms with Crippen LogP contribution in [-0.4, -0.2) is 4.98 Å². The van der Waals surface area contributed by atoms with E-state index in [2.05, 4.69) is 101 Å². The number of hydrogen-bond acceptors (Lipinski definition) is 1. The SMILES string of the molecule is Cc1cc(C)cc(-c2nccc3c4cc(C(C)(C)C)ccc4c4ccccc4c23)c1. The predicted molar refractivity (Wildman–Crippen MR) is 130 cm³/mol. The normalized spacial score (nSPS) is 12.2. The Morgan fingerprint density at radius 2 is 1.27 bits per heavy atom. The second kappa shape index (κ2) is 6.67. The topological polar surface area (TPSA) is 12.9 Å². The van der Waals surface area contributed by atoms with E-state index in [-0.39, 0.29) is 5.41 Å². The standard InChI is InChI=1S/C29H27N/c1-18-14-19(2)16-20(15-18)28-27-24-9-7-6-8-22(24)23-11-10-21(29(3,4)5)17-26(23)25(27)12-13-30-28/h6-17H,1-5H3. The molecule has 5 rings (SSSR count). The molecule has 0 aliphatic carbocycles. The third kappa shape index (κ3) is 2.97. The van der Waals surface area contributed by atoms with E-state index in [1.165, 1.54) is 54.6 Å². The van der Waals surface area contributed by atoms with Crippen molar-refractivity contribution >= 4 is 32.3 Å². The van der Waals surface area contributed by atoms with Gasteiger partial charge in [0.25, 0.3) is 0 Å². The molecule has 0 saturated heterocycles. The Morgan fingerprint density at radius 3 is 1.97 bits per heavy atom. The summed E-state index contributed by atoms with van der Waals surface area (Å²) in [7, 11) is 0. The second-order valence-electron chi connectivity index (χ2n) is 9.51. The number of aryl methyl sites for hydroxylation is 2. The van der Waals surface area contributed by atoms with Gasteiger partial charge in [0.15, 0.2) is 0 Å². The minimum Gasteiger partial charge on any atom is -0.256 e. The van der Waals surface area contributed by atoms with Gasteiger partial charge in [-0.15, -0.1) is 0 Å². The molecule has 1 heteroatoms. The van der Waals surface area contributed by atoms with Gasteiger partial charge in [-0.3, -0.25) is 4.98 Å². The van der Waals surface area contributed by atoms with Gasteiger partial charge in [-0.05, 0) is 76.0 Å². The van der Waals surface area contributed by atoms with Crippen molar-refractivity contribution in [3.8, 4) is 11.3 Å². The third-order valence-corrected chi connectivity index (χ3v) is 6.11. The fraction of sp³-hybridized carbons (Fsp3) is 0.207. The summed E-state index contributed by atoms with van der Waals surface area (Å²) in [6.45, 7) is 11.1. The minimum absolute atomic E-state index is 0.107. The summed E-state index contributed by atoms with van der Waals surface area (Å²) in [6, 6.07) is 24.6. The van der Waals surface area contributed by atoms with Crippen molar-refractivity contribution in [1.29, 1.82) is 0 Å². The van der Waals surface area contributed by atoms with Gasteiger partial charge in [-0.2, -0.15) is 0 Å². The maximum atomic E-state index is 4.89. The molecule has 0 fully saturated rings. The molecule has 0 atom stereocenters. The van der Waals surface area contributed by atoms with E-state index in [0.29, 0.717) is 0 Å². The van der Waals surface area contributed by atoms with Crippen molar-refractivity contribution < 1.29 is 0 Å². The van der Waals surface area contributed by atoms with E-state index in [4.69, 9.17) is 4.98 Å². The lowest BCUT2D eigenvalue weighted by molar-refractivity contribution is 0.591. The fourth-order valence-electron chi connectivity index (χ4n) is 4.69. The summed E-state index contributed by atoms with van der Waals surface area (Å²) in [5.41, 5.74) is 6.26. The minimum atomic E-state index is 0.107. The first-order chi connectivity index (χ1) is 14.3. The number of benzene rings is 4. The lowest BCUT2D eigenvalue weighted by Gasteiger charge is -2.21. The zero-order valence-corrected chi connectivity index (χ0v) is 18.4. The molecule has 0 bridgehead atoms. The van der Waals surface area contributed by atoms with Gasteiger partial charge < -0.3 is 0 Å². The average Bonchev–Trinajstić information content (AvgIpc) is 2.71. The van der Waals surface area contributed by atoms with Gasteiger partial charge in [0.1, 0.15) is 0 Å². The van der Waals surface area contributed by atoms with Crippen molar-refractivity contribution in [3.05, 3.63) is 89.6 Å². The molecule has 0 unspecified atom stereocenters. The third-order valence-electron chi connectivity index (χ3n) is 6.11. The Balaban J connectivity index is 2.00. The molecule has 1 heterocycles. The predicted octanol–water partition coefficient (Wildman–Crippen LogP) is 8.12. The number of rotatable bonds is 1. The molecule has 1 aromatic heterocycles. The lowest BCUT2D eigenvalue weighted by Crippen LogP contribution is -2.10. The van der Waals surface area contributed by atoms with Gasteiger partial charge in [0.2, 0.25) is 0 Å². The highest BCUT2D eigenvalue weighted by Gasteiger charge is 2.18. The molecular weight excluding hydrogens is 362 g/mol. The van der Waals surface area contributed by atoms with Crippen LogP contribution in [0.4, 0.5) is 0 Å². The van der Waals surface area contributed by atoms with E-state index in [0.717, 1.165) is 5.69 Å². The van der Waals surface area contributed by atoms with Crippen molar-refractivity contribution in [2.75, 3.05) is 0 Å². The molecular formula is C29H27N. The van der Waals surface area contributed by atoms with Crippen molar-refractivity contribution in [1.82, 2.24) is 4.98 Å². The number of hydrogen-bond donors (Lipinski definition) is 0. The van der Waals surface area contributed by atoms with Gasteiger partial charge in [0, 0.05) is 17.1 Å². The number of fused-ring (bicyclic) bond motifs is 6. The Kier molecular flexibility index (Phi) is 4.18. The smallest absolute Gasteiger partial charge is 0.0786 e. The maximum absolute atomic E-state index is 4.89. The molecule has 0 aliphatic heterocycles. The van der Waals surface area contributed by atoms with Gasteiger partial charge >= 0.3 is 0 Å². The van der Waals surface area contributed by atoms with Gasteiger partial charge in [0.05, 0.1) is 5.69 Å². The molecule has 30 heavy (non-hydrogen) atoms. The molecule has 5 aromatic rings. The van der Waals surface area contributed by atoms with Gasteiger partial charge in [-0.1, -0.05) is 74.4 Å². The van der Waals surface area contributed by atoms with Crippen LogP contribution in [0, 0.1) is 13.8 Å². The van der Waals surface area contributed by atoms with Crippen LogP contribution in [-0.2, 0) is 5.41 Å². The first-order valence-corrected chi connectivity index (χ1v) is 10.7. The highest BCUT2D eigenvalue weighted by atomic mass is 14.7. The molecule has 0 N–H and O–H groups in total. The first-order valence-electron chi connectivity index (χ1n) is 10.7. The summed E-state index contributed by atoms with van der Waals surface area (Å²) in [6.07, 6.45) is 1.97. The first kappa shape index (κ1) is 18.8. The Morgan fingerprint density at radius 1 is 0.633 bits per heavy atom. The quantitative estimate of drug-likeness (QED) is 0.264. The highest BCUT2D eigenvalue weighted by Crippen LogP contribution is 2.40. The molecule has 1 nitrogen and oxygen atoms in total. The number of aromatic nitrogens is 1. The van der Waals surface area contributed by atoms with Crippen LogP contribution in [0.15, 0.2) is 72.9 Å². The number of nitrogens with zero attached hydrogens (tertiary/aromatic N) is 1. The average molecular weight is 390 g/mol. The molecule has 148 valence electrons. The Labute approximate surface area is 178 Å². The summed E-state index contributed by atoms with van der Waals surface area (Å²) in [4.78, 5) is 4.89. The molecule has 0 amide bonds. The second-order valence-corrected chi connectivity index (χ2v) is 9.51. The van der Waals surface area contributed by atoms with Crippen LogP contribution in [0.25, 0.3) is 43.6 Å². The zero-order chi connectivity index (χ0) is 21.0. The van der Waals surface area contributed by atoms with E-state index in [1.54, 1.807) is 0 Å². The zero-order valence-electron chi connectivity index (χ0n) is 18.4. The van der Waals surface area contributed by atoms with Crippen LogP contribution in [0.1, 0.15) is 37.5 Å². The van der Waals surface area contributed by atoms with Gasteiger partial charge in [-0.25, -0.2) is 0 Å². The van der Waals surface area contributed by atoms with Crippen molar-refractivity contribution in [2.24, 2.45) is 0 Å². The Hall–Kier alpha value is -3.19. The lowest BCUT2D eigenvalue weighted by atomic mass is 9.84. The fourth-order valence-corrected chi connectivity index (χ4v) is 4.69. The van der Waals surface area contributed by atoms with E-state index < -0.39 is 0 Å². The van der Waals surface area contributed by atoms with Crippen LogP contribution >= 0.6 is 0 Å². The highest BCUT2D eigenvalue weighted by molar-refractivity contribution is 6.28. The van der Waals surface area contributed by atoms with Crippen LogP contribution in [0.5, 0.6) is 0 Å². The van der Waals surface area contributed by atoms with Crippen molar-refractivity contribution in [2.45, 2.75) is 40.0 Å².